The molecule has 0 heterocycles. The van der Waals surface area contributed by atoms with Crippen molar-refractivity contribution in [1.82, 2.24) is 10.2 Å². The Morgan fingerprint density at radius 3 is 2.09 bits per heavy atom. The van der Waals surface area contributed by atoms with Crippen LogP contribution in [0.5, 0.6) is 0 Å². The SMILES string of the molecule is CCCCNC(=O)[C@@H](C)N(Cc1ccc(C)cc1)C(=O)CN(c1ccc(CC)cc1)S(C)(=O)=O. The number of aryl methyl sites for hydroxylation is 2. The van der Waals surface area contributed by atoms with Crippen molar-refractivity contribution in [2.75, 3.05) is 23.7 Å². The lowest BCUT2D eigenvalue weighted by Crippen LogP contribution is -2.51. The number of unbranched alkanes of at least 4 members (excludes halogenated alkanes) is 1. The zero-order chi connectivity index (χ0) is 25.3. The first-order valence-electron chi connectivity index (χ1n) is 11.8. The van der Waals surface area contributed by atoms with Crippen molar-refractivity contribution in [1.29, 1.82) is 0 Å². The van der Waals surface area contributed by atoms with Crippen LogP contribution < -0.4 is 9.62 Å². The first-order valence-corrected chi connectivity index (χ1v) is 13.6. The van der Waals surface area contributed by atoms with Gasteiger partial charge in [0, 0.05) is 13.1 Å². The van der Waals surface area contributed by atoms with Crippen LogP contribution in [0, 0.1) is 6.92 Å². The van der Waals surface area contributed by atoms with Crippen molar-refractivity contribution in [2.24, 2.45) is 0 Å². The minimum Gasteiger partial charge on any atom is -0.354 e. The lowest BCUT2D eigenvalue weighted by Gasteiger charge is -2.31. The summed E-state index contributed by atoms with van der Waals surface area (Å²) in [5, 5.41) is 2.88. The van der Waals surface area contributed by atoms with Crippen molar-refractivity contribution < 1.29 is 18.0 Å². The van der Waals surface area contributed by atoms with Gasteiger partial charge in [-0.05, 0) is 49.9 Å². The third-order valence-corrected chi connectivity index (χ3v) is 6.92. The standard InChI is InChI=1S/C26H37N3O4S/c1-6-8-17-27-26(31)21(4)28(18-23-11-9-20(3)10-12-23)25(30)19-29(34(5,32)33)24-15-13-22(7-2)14-16-24/h9-16,21H,6-8,17-19H2,1-5H3,(H,27,31)/t21-/m1/s1. The van der Waals surface area contributed by atoms with E-state index >= 15 is 0 Å². The van der Waals surface area contributed by atoms with Gasteiger partial charge >= 0.3 is 0 Å². The number of anilines is 1. The van der Waals surface area contributed by atoms with E-state index in [1.807, 2.05) is 57.2 Å². The summed E-state index contributed by atoms with van der Waals surface area (Å²) in [6.45, 7) is 8.05. The lowest BCUT2D eigenvalue weighted by molar-refractivity contribution is -0.139. The molecule has 2 amide bonds. The maximum atomic E-state index is 13.5. The first kappa shape index (κ1) is 27.4. The molecule has 0 aliphatic heterocycles. The van der Waals surface area contributed by atoms with E-state index in [1.165, 1.54) is 4.90 Å². The number of sulfonamides is 1. The maximum absolute atomic E-state index is 13.5. The van der Waals surface area contributed by atoms with Crippen molar-refractivity contribution in [3.63, 3.8) is 0 Å². The molecule has 0 aliphatic carbocycles. The Balaban J connectivity index is 2.32. The van der Waals surface area contributed by atoms with Crippen molar-refractivity contribution in [2.45, 2.75) is 59.5 Å². The molecule has 2 rings (SSSR count). The summed E-state index contributed by atoms with van der Waals surface area (Å²) in [5.41, 5.74) is 3.45. The molecule has 0 spiro atoms. The summed E-state index contributed by atoms with van der Waals surface area (Å²) in [5.74, 6) is -0.698. The normalized spacial score (nSPS) is 12.1. The van der Waals surface area contributed by atoms with Crippen LogP contribution in [0.4, 0.5) is 5.69 Å². The molecule has 0 fully saturated rings. The number of nitrogens with one attached hydrogen (secondary N) is 1. The average molecular weight is 488 g/mol. The molecule has 2 aromatic rings. The molecule has 0 aromatic heterocycles. The van der Waals surface area contributed by atoms with Gasteiger partial charge in [0.1, 0.15) is 12.6 Å². The monoisotopic (exact) mass is 487 g/mol. The van der Waals surface area contributed by atoms with Crippen LogP contribution in [0.2, 0.25) is 0 Å². The van der Waals surface area contributed by atoms with Gasteiger partial charge in [0.05, 0.1) is 11.9 Å². The quantitative estimate of drug-likeness (QED) is 0.463. The summed E-state index contributed by atoms with van der Waals surface area (Å²) < 4.78 is 26.3. The van der Waals surface area contributed by atoms with Gasteiger partial charge in [0.2, 0.25) is 21.8 Å². The van der Waals surface area contributed by atoms with Crippen LogP contribution in [-0.4, -0.2) is 50.5 Å². The minimum atomic E-state index is -3.72. The molecule has 8 heteroatoms. The molecule has 0 saturated carbocycles. The third-order valence-electron chi connectivity index (χ3n) is 5.78. The number of amides is 2. The predicted octanol–water partition coefficient (Wildman–Crippen LogP) is 3.66. The molecule has 0 bridgehead atoms. The fourth-order valence-corrected chi connectivity index (χ4v) is 4.37. The highest BCUT2D eigenvalue weighted by Crippen LogP contribution is 2.20. The van der Waals surface area contributed by atoms with Gasteiger partial charge in [0.25, 0.3) is 0 Å². The number of benzene rings is 2. The fraction of sp³-hybridized carbons (Fsp3) is 0.462. The second kappa shape index (κ2) is 12.6. The van der Waals surface area contributed by atoms with Crippen LogP contribution >= 0.6 is 0 Å². The molecule has 1 N–H and O–H groups in total. The second-order valence-corrected chi connectivity index (χ2v) is 10.5. The van der Waals surface area contributed by atoms with E-state index in [0.717, 1.165) is 46.5 Å². The van der Waals surface area contributed by atoms with Gasteiger partial charge in [0.15, 0.2) is 0 Å². The summed E-state index contributed by atoms with van der Waals surface area (Å²) in [6.07, 6.45) is 3.70. The molecule has 0 saturated heterocycles. The van der Waals surface area contributed by atoms with Gasteiger partial charge in [-0.2, -0.15) is 0 Å². The van der Waals surface area contributed by atoms with E-state index < -0.39 is 22.0 Å². The van der Waals surface area contributed by atoms with Gasteiger partial charge in [-0.1, -0.05) is 62.2 Å². The van der Waals surface area contributed by atoms with Crippen LogP contribution in [0.1, 0.15) is 50.3 Å². The van der Waals surface area contributed by atoms with Crippen molar-refractivity contribution in [3.8, 4) is 0 Å². The summed E-state index contributed by atoms with van der Waals surface area (Å²) >= 11 is 0. The second-order valence-electron chi connectivity index (χ2n) is 8.62. The lowest BCUT2D eigenvalue weighted by atomic mass is 10.1. The number of hydrogen-bond donors (Lipinski definition) is 1. The zero-order valence-electron chi connectivity index (χ0n) is 20.9. The molecular weight excluding hydrogens is 450 g/mol. The topological polar surface area (TPSA) is 86.8 Å². The summed E-state index contributed by atoms with van der Waals surface area (Å²) in [7, 11) is -3.72. The summed E-state index contributed by atoms with van der Waals surface area (Å²) in [4.78, 5) is 27.7. The van der Waals surface area contributed by atoms with Crippen LogP contribution in [0.25, 0.3) is 0 Å². The van der Waals surface area contributed by atoms with E-state index in [-0.39, 0.29) is 19.0 Å². The molecule has 0 radical (unpaired) electrons. The third kappa shape index (κ3) is 7.87. The Labute approximate surface area is 204 Å². The molecule has 0 unspecified atom stereocenters. The molecule has 7 nitrogen and oxygen atoms in total. The molecular formula is C26H37N3O4S. The van der Waals surface area contributed by atoms with Crippen molar-refractivity contribution in [3.05, 3.63) is 65.2 Å². The van der Waals surface area contributed by atoms with E-state index in [2.05, 4.69) is 5.32 Å². The number of rotatable bonds is 12. The van der Waals surface area contributed by atoms with Crippen molar-refractivity contribution >= 4 is 27.5 Å². The van der Waals surface area contributed by atoms with E-state index in [0.29, 0.717) is 12.2 Å². The Morgan fingerprint density at radius 2 is 1.56 bits per heavy atom. The number of carbonyl (C=O) groups excluding carboxylic acids is 2. The largest absolute Gasteiger partial charge is 0.354 e. The highest BCUT2D eigenvalue weighted by molar-refractivity contribution is 7.92. The van der Waals surface area contributed by atoms with Gasteiger partial charge in [-0.15, -0.1) is 0 Å². The van der Waals surface area contributed by atoms with E-state index in [9.17, 15) is 18.0 Å². The average Bonchev–Trinajstić information content (AvgIpc) is 2.81. The minimum absolute atomic E-state index is 0.202. The van der Waals surface area contributed by atoms with Gasteiger partial charge < -0.3 is 10.2 Å². The van der Waals surface area contributed by atoms with Crippen LogP contribution in [0.3, 0.4) is 0 Å². The highest BCUT2D eigenvalue weighted by Gasteiger charge is 2.30. The van der Waals surface area contributed by atoms with Crippen LogP contribution in [0.15, 0.2) is 48.5 Å². The van der Waals surface area contributed by atoms with Crippen LogP contribution in [-0.2, 0) is 32.6 Å². The van der Waals surface area contributed by atoms with Gasteiger partial charge in [-0.25, -0.2) is 8.42 Å². The zero-order valence-corrected chi connectivity index (χ0v) is 21.7. The smallest absolute Gasteiger partial charge is 0.244 e. The Morgan fingerprint density at radius 1 is 0.971 bits per heavy atom. The summed E-state index contributed by atoms with van der Waals surface area (Å²) in [6, 6.07) is 14.1. The number of nitrogens with zero attached hydrogens (tertiary/aromatic N) is 2. The number of hydrogen-bond acceptors (Lipinski definition) is 4. The Hall–Kier alpha value is -2.87. The van der Waals surface area contributed by atoms with E-state index in [1.54, 1.807) is 19.1 Å². The predicted molar refractivity (Wildman–Crippen MR) is 137 cm³/mol. The Bertz CT molecular complexity index is 1050. The maximum Gasteiger partial charge on any atom is 0.244 e. The molecule has 0 aliphatic rings. The van der Waals surface area contributed by atoms with Gasteiger partial charge in [-0.3, -0.25) is 13.9 Å². The Kier molecular flexibility index (Phi) is 10.1. The highest BCUT2D eigenvalue weighted by atomic mass is 32.2. The molecule has 186 valence electrons. The van der Waals surface area contributed by atoms with E-state index in [4.69, 9.17) is 0 Å². The molecule has 2 aromatic carbocycles. The number of carbonyl (C=O) groups is 2. The molecule has 34 heavy (non-hydrogen) atoms. The molecule has 1 atom stereocenters. The fourth-order valence-electron chi connectivity index (χ4n) is 3.52. The first-order chi connectivity index (χ1) is 16.1.